The zero-order valence-electron chi connectivity index (χ0n) is 12.4. The molecule has 0 aliphatic heterocycles. The van der Waals surface area contributed by atoms with Crippen LogP contribution < -0.4 is 5.32 Å². The van der Waals surface area contributed by atoms with Crippen molar-refractivity contribution in [3.05, 3.63) is 24.3 Å². The number of nitrogens with one attached hydrogen (secondary N) is 1. The Hall–Kier alpha value is -0.780. The van der Waals surface area contributed by atoms with E-state index in [4.69, 9.17) is 11.6 Å². The highest BCUT2D eigenvalue weighted by Crippen LogP contribution is 2.19. The summed E-state index contributed by atoms with van der Waals surface area (Å²) in [5.41, 5.74) is 0.883. The van der Waals surface area contributed by atoms with Crippen LogP contribution in [0.25, 0.3) is 0 Å². The van der Waals surface area contributed by atoms with Crippen LogP contribution in [0.2, 0.25) is 0 Å². The highest BCUT2D eigenvalue weighted by molar-refractivity contribution is 7.89. The summed E-state index contributed by atoms with van der Waals surface area (Å²) in [5, 5.41) is 3.33. The fourth-order valence-corrected chi connectivity index (χ4v) is 3.00. The Balaban J connectivity index is 2.81. The minimum Gasteiger partial charge on any atom is -0.381 e. The maximum absolute atomic E-state index is 12.0. The van der Waals surface area contributed by atoms with E-state index in [0.29, 0.717) is 16.7 Å². The lowest BCUT2D eigenvalue weighted by Crippen LogP contribution is -2.24. The first-order valence-corrected chi connectivity index (χ1v) is 8.60. The fraction of sp³-hybridized carbons (Fsp3) is 0.571. The molecule has 0 fully saturated rings. The SMILES string of the molecule is CC(C)CC(CCl)Nc1ccc(S(=O)(=O)N(C)C)cc1. The van der Waals surface area contributed by atoms with Crippen LogP contribution in [0.4, 0.5) is 5.69 Å². The van der Waals surface area contributed by atoms with Gasteiger partial charge in [-0.25, -0.2) is 12.7 Å². The van der Waals surface area contributed by atoms with Crippen LogP contribution in [0.15, 0.2) is 29.2 Å². The van der Waals surface area contributed by atoms with Crippen molar-refractivity contribution in [1.29, 1.82) is 0 Å². The van der Waals surface area contributed by atoms with Gasteiger partial charge in [-0.05, 0) is 36.6 Å². The molecule has 0 heterocycles. The smallest absolute Gasteiger partial charge is 0.242 e. The molecular formula is C14H23ClN2O2S. The largest absolute Gasteiger partial charge is 0.381 e. The lowest BCUT2D eigenvalue weighted by Gasteiger charge is -2.19. The maximum atomic E-state index is 12.0. The molecule has 20 heavy (non-hydrogen) atoms. The molecule has 4 nitrogen and oxygen atoms in total. The van der Waals surface area contributed by atoms with Gasteiger partial charge in [-0.2, -0.15) is 0 Å². The maximum Gasteiger partial charge on any atom is 0.242 e. The number of sulfonamides is 1. The zero-order valence-corrected chi connectivity index (χ0v) is 14.0. The second-order valence-corrected chi connectivity index (χ2v) is 7.90. The van der Waals surface area contributed by atoms with Gasteiger partial charge in [0.2, 0.25) is 10.0 Å². The van der Waals surface area contributed by atoms with Gasteiger partial charge in [-0.1, -0.05) is 13.8 Å². The van der Waals surface area contributed by atoms with E-state index in [-0.39, 0.29) is 6.04 Å². The van der Waals surface area contributed by atoms with Crippen LogP contribution in [-0.2, 0) is 10.0 Å². The Morgan fingerprint density at radius 1 is 1.20 bits per heavy atom. The second-order valence-electron chi connectivity index (χ2n) is 5.44. The van der Waals surface area contributed by atoms with Gasteiger partial charge >= 0.3 is 0 Å². The van der Waals surface area contributed by atoms with Gasteiger partial charge in [0.25, 0.3) is 0 Å². The molecule has 0 bridgehead atoms. The standard InChI is InChI=1S/C14H23ClN2O2S/c1-11(2)9-13(10-15)16-12-5-7-14(8-6-12)20(18,19)17(3)4/h5-8,11,13,16H,9-10H2,1-4H3. The molecule has 0 saturated heterocycles. The molecule has 0 aliphatic carbocycles. The lowest BCUT2D eigenvalue weighted by molar-refractivity contribution is 0.521. The van der Waals surface area contributed by atoms with Gasteiger partial charge in [-0.15, -0.1) is 11.6 Å². The highest BCUT2D eigenvalue weighted by atomic mass is 35.5. The summed E-state index contributed by atoms with van der Waals surface area (Å²) in [7, 11) is -0.324. The molecule has 0 saturated carbocycles. The van der Waals surface area contributed by atoms with Crippen LogP contribution in [0, 0.1) is 5.92 Å². The fourth-order valence-electron chi connectivity index (χ4n) is 1.90. The number of halogens is 1. The third kappa shape index (κ3) is 4.65. The van der Waals surface area contributed by atoms with E-state index in [1.54, 1.807) is 24.3 Å². The minimum absolute atomic E-state index is 0.188. The van der Waals surface area contributed by atoms with E-state index in [9.17, 15) is 8.42 Å². The number of hydrogen-bond donors (Lipinski definition) is 1. The molecule has 1 unspecified atom stereocenters. The minimum atomic E-state index is -3.37. The van der Waals surface area contributed by atoms with Gasteiger partial charge in [0.1, 0.15) is 0 Å². The predicted molar refractivity (Wildman–Crippen MR) is 84.9 cm³/mol. The first-order chi connectivity index (χ1) is 9.27. The Morgan fingerprint density at radius 2 is 1.75 bits per heavy atom. The molecule has 0 amide bonds. The van der Waals surface area contributed by atoms with E-state index in [1.807, 2.05) is 0 Å². The third-order valence-corrected chi connectivity index (χ3v) is 5.15. The van der Waals surface area contributed by atoms with Crippen LogP contribution >= 0.6 is 11.6 Å². The topological polar surface area (TPSA) is 49.4 Å². The molecule has 0 aliphatic rings. The van der Waals surface area contributed by atoms with Gasteiger partial charge in [0.05, 0.1) is 4.90 Å². The number of nitrogens with zero attached hydrogens (tertiary/aromatic N) is 1. The van der Waals surface area contributed by atoms with Gasteiger partial charge < -0.3 is 5.32 Å². The van der Waals surface area contributed by atoms with Crippen molar-refractivity contribution in [1.82, 2.24) is 4.31 Å². The molecule has 0 aromatic heterocycles. The van der Waals surface area contributed by atoms with E-state index in [0.717, 1.165) is 12.1 Å². The normalized spacial score (nSPS) is 13.8. The van der Waals surface area contributed by atoms with E-state index >= 15 is 0 Å². The van der Waals surface area contributed by atoms with Crippen LogP contribution in [0.1, 0.15) is 20.3 Å². The first-order valence-electron chi connectivity index (χ1n) is 6.62. The van der Waals surface area contributed by atoms with Crippen LogP contribution in [0.5, 0.6) is 0 Å². The summed E-state index contributed by atoms with van der Waals surface area (Å²) < 4.78 is 25.1. The quantitative estimate of drug-likeness (QED) is 0.786. The van der Waals surface area contributed by atoms with Crippen molar-refractivity contribution in [3.8, 4) is 0 Å². The summed E-state index contributed by atoms with van der Waals surface area (Å²) in [6, 6.07) is 6.95. The number of rotatable bonds is 7. The zero-order chi connectivity index (χ0) is 15.3. The van der Waals surface area contributed by atoms with Crippen molar-refractivity contribution < 1.29 is 8.42 Å². The van der Waals surface area contributed by atoms with Gasteiger partial charge in [0, 0.05) is 31.7 Å². The molecule has 1 N–H and O–H groups in total. The first kappa shape index (κ1) is 17.3. The molecule has 0 radical (unpaired) electrons. The monoisotopic (exact) mass is 318 g/mol. The van der Waals surface area contributed by atoms with Crippen LogP contribution in [-0.4, -0.2) is 38.7 Å². The predicted octanol–water partition coefficient (Wildman–Crippen LogP) is 3.00. The number of benzene rings is 1. The molecule has 6 heteroatoms. The number of hydrogen-bond acceptors (Lipinski definition) is 3. The van der Waals surface area contributed by atoms with E-state index < -0.39 is 10.0 Å². The van der Waals surface area contributed by atoms with Crippen molar-refractivity contribution in [3.63, 3.8) is 0 Å². The summed E-state index contributed by atoms with van der Waals surface area (Å²) in [6.07, 6.45) is 0.973. The highest BCUT2D eigenvalue weighted by Gasteiger charge is 2.17. The summed E-state index contributed by atoms with van der Waals surface area (Å²) in [4.78, 5) is 0.291. The lowest BCUT2D eigenvalue weighted by atomic mass is 10.0. The van der Waals surface area contributed by atoms with E-state index in [2.05, 4.69) is 19.2 Å². The average Bonchev–Trinajstić information content (AvgIpc) is 2.37. The average molecular weight is 319 g/mol. The molecule has 114 valence electrons. The molecule has 1 aromatic carbocycles. The Kier molecular flexibility index (Phi) is 6.30. The Morgan fingerprint density at radius 3 is 2.15 bits per heavy atom. The van der Waals surface area contributed by atoms with Crippen LogP contribution in [0.3, 0.4) is 0 Å². The van der Waals surface area contributed by atoms with Crippen molar-refractivity contribution in [2.24, 2.45) is 5.92 Å². The summed E-state index contributed by atoms with van der Waals surface area (Å²) >= 11 is 5.94. The van der Waals surface area contributed by atoms with E-state index in [1.165, 1.54) is 18.4 Å². The second kappa shape index (κ2) is 7.29. The van der Waals surface area contributed by atoms with Gasteiger partial charge in [-0.3, -0.25) is 0 Å². The molecular weight excluding hydrogens is 296 g/mol. The molecule has 0 spiro atoms. The van der Waals surface area contributed by atoms with Gasteiger partial charge in [0.15, 0.2) is 0 Å². The third-order valence-electron chi connectivity index (χ3n) is 2.95. The summed E-state index contributed by atoms with van der Waals surface area (Å²) in [6.45, 7) is 4.29. The van der Waals surface area contributed by atoms with Crippen molar-refractivity contribution in [2.75, 3.05) is 25.3 Å². The van der Waals surface area contributed by atoms with Crippen molar-refractivity contribution in [2.45, 2.75) is 31.2 Å². The molecule has 1 atom stereocenters. The molecule has 1 rings (SSSR count). The Labute approximate surface area is 127 Å². The molecule has 1 aromatic rings. The Bertz CT molecular complexity index is 512. The number of alkyl halides is 1. The summed E-state index contributed by atoms with van der Waals surface area (Å²) in [5.74, 6) is 1.08. The van der Waals surface area contributed by atoms with Crippen molar-refractivity contribution >= 4 is 27.3 Å². The number of anilines is 1.